The maximum absolute atomic E-state index is 5.23. The van der Waals surface area contributed by atoms with Gasteiger partial charge in [-0.05, 0) is 5.56 Å². The maximum atomic E-state index is 5.23. The summed E-state index contributed by atoms with van der Waals surface area (Å²) < 4.78 is 0. The average Bonchev–Trinajstić information content (AvgIpc) is 2.89. The van der Waals surface area contributed by atoms with Gasteiger partial charge >= 0.3 is 0 Å². The van der Waals surface area contributed by atoms with Crippen molar-refractivity contribution in [3.63, 3.8) is 0 Å². The van der Waals surface area contributed by atoms with Crippen LogP contribution < -0.4 is 0 Å². The molecule has 152 valence electrons. The Hall–Kier alpha value is -4.30. The standard InChI is InChI=1S/C30H22N2/c1-2-22-18-20-26(21-19-22)30-29(25-16-10-5-11-17-25)31-27(23-12-6-3-7-13-23)28(32-30)24-14-8-4-9-15-24/h2-21H,1H2. The number of benzene rings is 4. The quantitative estimate of drug-likeness (QED) is 0.295. The lowest BCUT2D eigenvalue weighted by atomic mass is 9.99. The summed E-state index contributed by atoms with van der Waals surface area (Å²) in [5.74, 6) is 0. The molecule has 1 heterocycles. The van der Waals surface area contributed by atoms with E-state index in [-0.39, 0.29) is 0 Å². The Morgan fingerprint density at radius 2 is 0.719 bits per heavy atom. The smallest absolute Gasteiger partial charge is 0.0973 e. The van der Waals surface area contributed by atoms with E-state index in [1.807, 2.05) is 60.7 Å². The third-order valence-corrected chi connectivity index (χ3v) is 5.46. The van der Waals surface area contributed by atoms with Gasteiger partial charge in [0.15, 0.2) is 0 Å². The first-order valence-corrected chi connectivity index (χ1v) is 10.6. The van der Waals surface area contributed by atoms with Gasteiger partial charge in [-0.2, -0.15) is 0 Å². The summed E-state index contributed by atoms with van der Waals surface area (Å²) in [7, 11) is 0. The fourth-order valence-electron chi connectivity index (χ4n) is 3.81. The highest BCUT2D eigenvalue weighted by molar-refractivity contribution is 5.86. The molecule has 0 bridgehead atoms. The molecule has 1 aromatic heterocycles. The van der Waals surface area contributed by atoms with Gasteiger partial charge in [0.05, 0.1) is 22.8 Å². The van der Waals surface area contributed by atoms with Gasteiger partial charge in [0, 0.05) is 22.3 Å². The van der Waals surface area contributed by atoms with Crippen LogP contribution in [0.25, 0.3) is 51.1 Å². The molecule has 0 radical (unpaired) electrons. The number of aromatic nitrogens is 2. The number of hydrogen-bond donors (Lipinski definition) is 0. The highest BCUT2D eigenvalue weighted by atomic mass is 14.9. The summed E-state index contributed by atoms with van der Waals surface area (Å²) in [5, 5.41) is 0. The molecule has 4 aromatic carbocycles. The Bertz CT molecular complexity index is 1340. The molecule has 2 heteroatoms. The molecule has 0 aliphatic rings. The zero-order valence-electron chi connectivity index (χ0n) is 17.6. The van der Waals surface area contributed by atoms with E-state index in [9.17, 15) is 0 Å². The molecular formula is C30H22N2. The third kappa shape index (κ3) is 3.86. The maximum Gasteiger partial charge on any atom is 0.0973 e. The van der Waals surface area contributed by atoms with Crippen LogP contribution in [0.2, 0.25) is 0 Å². The van der Waals surface area contributed by atoms with E-state index < -0.39 is 0 Å². The van der Waals surface area contributed by atoms with E-state index in [1.54, 1.807) is 0 Å². The highest BCUT2D eigenvalue weighted by Crippen LogP contribution is 2.37. The molecule has 0 N–H and O–H groups in total. The molecule has 0 unspecified atom stereocenters. The summed E-state index contributed by atoms with van der Waals surface area (Å²) in [6.07, 6.45) is 1.85. The van der Waals surface area contributed by atoms with Crippen molar-refractivity contribution >= 4 is 6.08 Å². The average molecular weight is 411 g/mol. The minimum Gasteiger partial charge on any atom is -0.243 e. The molecule has 5 aromatic rings. The second kappa shape index (κ2) is 8.83. The lowest BCUT2D eigenvalue weighted by Crippen LogP contribution is -2.00. The van der Waals surface area contributed by atoms with E-state index in [0.717, 1.165) is 50.6 Å². The summed E-state index contributed by atoms with van der Waals surface area (Å²) in [6.45, 7) is 3.87. The zero-order chi connectivity index (χ0) is 21.8. The highest BCUT2D eigenvalue weighted by Gasteiger charge is 2.19. The van der Waals surface area contributed by atoms with Crippen molar-refractivity contribution in [2.45, 2.75) is 0 Å². The van der Waals surface area contributed by atoms with Crippen LogP contribution >= 0.6 is 0 Å². The molecule has 0 atom stereocenters. The van der Waals surface area contributed by atoms with Crippen molar-refractivity contribution in [2.75, 3.05) is 0 Å². The fourth-order valence-corrected chi connectivity index (χ4v) is 3.81. The van der Waals surface area contributed by atoms with Crippen molar-refractivity contribution in [1.82, 2.24) is 9.97 Å². The van der Waals surface area contributed by atoms with Crippen LogP contribution in [-0.2, 0) is 0 Å². The molecule has 0 amide bonds. The van der Waals surface area contributed by atoms with Gasteiger partial charge in [0.1, 0.15) is 0 Å². The molecule has 32 heavy (non-hydrogen) atoms. The SMILES string of the molecule is C=Cc1ccc(-c2nc(-c3ccccc3)c(-c3ccccc3)nc2-c2ccccc2)cc1. The second-order valence-corrected chi connectivity index (χ2v) is 7.54. The Labute approximate surface area is 188 Å². The van der Waals surface area contributed by atoms with Crippen molar-refractivity contribution < 1.29 is 0 Å². The van der Waals surface area contributed by atoms with Crippen LogP contribution in [0.1, 0.15) is 5.56 Å². The van der Waals surface area contributed by atoms with Crippen LogP contribution in [0.4, 0.5) is 0 Å². The lowest BCUT2D eigenvalue weighted by Gasteiger charge is -2.16. The van der Waals surface area contributed by atoms with Gasteiger partial charge in [0.2, 0.25) is 0 Å². The lowest BCUT2D eigenvalue weighted by molar-refractivity contribution is 1.21. The molecule has 0 saturated carbocycles. The molecule has 0 fully saturated rings. The van der Waals surface area contributed by atoms with Gasteiger partial charge in [0.25, 0.3) is 0 Å². The van der Waals surface area contributed by atoms with E-state index in [2.05, 4.69) is 67.2 Å². The molecule has 0 spiro atoms. The second-order valence-electron chi connectivity index (χ2n) is 7.54. The summed E-state index contributed by atoms with van der Waals surface area (Å²) >= 11 is 0. The van der Waals surface area contributed by atoms with Gasteiger partial charge in [-0.1, -0.05) is 128 Å². The van der Waals surface area contributed by atoms with Gasteiger partial charge in [-0.25, -0.2) is 9.97 Å². The minimum atomic E-state index is 0.866. The first kappa shape index (κ1) is 19.7. The van der Waals surface area contributed by atoms with E-state index in [1.165, 1.54) is 0 Å². The van der Waals surface area contributed by atoms with Crippen LogP contribution in [0.3, 0.4) is 0 Å². The Morgan fingerprint density at radius 3 is 1.03 bits per heavy atom. The van der Waals surface area contributed by atoms with E-state index in [0.29, 0.717) is 0 Å². The first-order chi connectivity index (χ1) is 15.8. The number of hydrogen-bond acceptors (Lipinski definition) is 2. The Kier molecular flexibility index (Phi) is 5.42. The third-order valence-electron chi connectivity index (χ3n) is 5.46. The Morgan fingerprint density at radius 1 is 0.406 bits per heavy atom. The fraction of sp³-hybridized carbons (Fsp3) is 0. The van der Waals surface area contributed by atoms with Gasteiger partial charge in [-0.15, -0.1) is 0 Å². The van der Waals surface area contributed by atoms with Gasteiger partial charge < -0.3 is 0 Å². The molecule has 0 saturated heterocycles. The molecule has 0 aliphatic carbocycles. The van der Waals surface area contributed by atoms with E-state index >= 15 is 0 Å². The topological polar surface area (TPSA) is 25.8 Å². The summed E-state index contributed by atoms with van der Waals surface area (Å²) in [4.78, 5) is 10.5. The van der Waals surface area contributed by atoms with Crippen LogP contribution in [0, 0.1) is 0 Å². The monoisotopic (exact) mass is 410 g/mol. The molecule has 2 nitrogen and oxygen atoms in total. The Balaban J connectivity index is 1.83. The van der Waals surface area contributed by atoms with Crippen LogP contribution in [0.15, 0.2) is 122 Å². The normalized spacial score (nSPS) is 10.6. The summed E-state index contributed by atoms with van der Waals surface area (Å²) in [5.41, 5.74) is 8.72. The van der Waals surface area contributed by atoms with Crippen molar-refractivity contribution in [3.05, 3.63) is 127 Å². The van der Waals surface area contributed by atoms with Crippen LogP contribution in [-0.4, -0.2) is 9.97 Å². The number of nitrogens with zero attached hydrogens (tertiary/aromatic N) is 2. The predicted octanol–water partition coefficient (Wildman–Crippen LogP) is 7.79. The molecular weight excluding hydrogens is 388 g/mol. The molecule has 5 rings (SSSR count). The van der Waals surface area contributed by atoms with Crippen molar-refractivity contribution in [2.24, 2.45) is 0 Å². The molecule has 0 aliphatic heterocycles. The van der Waals surface area contributed by atoms with Crippen molar-refractivity contribution in [1.29, 1.82) is 0 Å². The van der Waals surface area contributed by atoms with Gasteiger partial charge in [-0.3, -0.25) is 0 Å². The van der Waals surface area contributed by atoms with E-state index in [4.69, 9.17) is 9.97 Å². The van der Waals surface area contributed by atoms with Crippen LogP contribution in [0.5, 0.6) is 0 Å². The zero-order valence-corrected chi connectivity index (χ0v) is 17.6. The predicted molar refractivity (Wildman–Crippen MR) is 134 cm³/mol. The minimum absolute atomic E-state index is 0.866. The largest absolute Gasteiger partial charge is 0.243 e. The summed E-state index contributed by atoms with van der Waals surface area (Å²) in [6, 6.07) is 39.1. The number of rotatable bonds is 5. The first-order valence-electron chi connectivity index (χ1n) is 10.6. The van der Waals surface area contributed by atoms with Crippen molar-refractivity contribution in [3.8, 4) is 45.0 Å².